The van der Waals surface area contributed by atoms with E-state index in [9.17, 15) is 9.00 Å². The fourth-order valence-corrected chi connectivity index (χ4v) is 1.56. The summed E-state index contributed by atoms with van der Waals surface area (Å²) in [7, 11) is 0. The highest BCUT2D eigenvalue weighted by Gasteiger charge is 2.22. The summed E-state index contributed by atoms with van der Waals surface area (Å²) in [5.41, 5.74) is 0.683. The predicted octanol–water partition coefficient (Wildman–Crippen LogP) is 2.46. The van der Waals surface area contributed by atoms with Crippen molar-refractivity contribution >= 4 is 22.7 Å². The van der Waals surface area contributed by atoms with E-state index in [4.69, 9.17) is 4.55 Å². The van der Waals surface area contributed by atoms with Crippen molar-refractivity contribution in [2.75, 3.05) is 4.72 Å². The average Bonchev–Trinajstić information content (AvgIpc) is 2.15. The van der Waals surface area contributed by atoms with E-state index in [1.807, 2.05) is 20.8 Å². The van der Waals surface area contributed by atoms with Crippen molar-refractivity contribution in [2.45, 2.75) is 20.8 Å². The van der Waals surface area contributed by atoms with Gasteiger partial charge in [0.15, 0.2) is 5.78 Å². The highest BCUT2D eigenvalue weighted by Crippen LogP contribution is 2.21. The number of carbonyl (C=O) groups is 1. The molecule has 0 radical (unpaired) electrons. The largest absolute Gasteiger partial charge is 0.294 e. The lowest BCUT2D eigenvalue weighted by Crippen LogP contribution is -2.20. The third kappa shape index (κ3) is 3.43. The van der Waals surface area contributed by atoms with Gasteiger partial charge in [0.25, 0.3) is 11.3 Å². The maximum atomic E-state index is 11.9. The first kappa shape index (κ1) is 12.9. The Morgan fingerprint density at radius 3 is 2.12 bits per heavy atom. The Labute approximate surface area is 97.5 Å². The van der Waals surface area contributed by atoms with Crippen LogP contribution in [0.25, 0.3) is 0 Å². The molecule has 5 heteroatoms. The van der Waals surface area contributed by atoms with Crippen LogP contribution >= 0.6 is 0 Å². The van der Waals surface area contributed by atoms with E-state index in [1.165, 1.54) is 0 Å². The second-order valence-electron chi connectivity index (χ2n) is 4.51. The molecule has 1 aromatic carbocycles. The van der Waals surface area contributed by atoms with Crippen molar-refractivity contribution < 1.29 is 13.6 Å². The second kappa shape index (κ2) is 4.76. The zero-order valence-corrected chi connectivity index (χ0v) is 10.3. The lowest BCUT2D eigenvalue weighted by molar-refractivity contribution is 0.0858. The zero-order valence-electron chi connectivity index (χ0n) is 9.48. The van der Waals surface area contributed by atoms with Crippen molar-refractivity contribution in [3.8, 4) is 0 Å². The molecule has 1 unspecified atom stereocenters. The average molecular weight is 241 g/mol. The summed E-state index contributed by atoms with van der Waals surface area (Å²) >= 11 is -2.09. The smallest absolute Gasteiger partial charge is 0.259 e. The molecule has 0 saturated heterocycles. The highest BCUT2D eigenvalue weighted by atomic mass is 32.2. The molecule has 0 saturated carbocycles. The second-order valence-corrected chi connectivity index (χ2v) is 5.21. The first-order chi connectivity index (χ1) is 7.30. The molecule has 1 atom stereocenters. The Morgan fingerprint density at radius 2 is 1.75 bits per heavy atom. The van der Waals surface area contributed by atoms with Crippen LogP contribution in [-0.2, 0) is 11.3 Å². The van der Waals surface area contributed by atoms with Crippen LogP contribution in [0.2, 0.25) is 0 Å². The summed E-state index contributed by atoms with van der Waals surface area (Å²) in [4.78, 5) is 11.9. The fourth-order valence-electron chi connectivity index (χ4n) is 1.22. The quantitative estimate of drug-likeness (QED) is 0.631. The van der Waals surface area contributed by atoms with E-state index in [-0.39, 0.29) is 5.78 Å². The molecule has 0 aliphatic carbocycles. The molecule has 1 aromatic rings. The van der Waals surface area contributed by atoms with Crippen molar-refractivity contribution in [3.63, 3.8) is 0 Å². The summed E-state index contributed by atoms with van der Waals surface area (Å²) < 4.78 is 21.4. The Hall–Kier alpha value is -1.20. The fraction of sp³-hybridized carbons (Fsp3) is 0.364. The molecule has 1 rings (SSSR count). The van der Waals surface area contributed by atoms with Gasteiger partial charge in [-0.2, -0.15) is 0 Å². The number of anilines is 1. The molecular weight excluding hydrogens is 226 g/mol. The monoisotopic (exact) mass is 241 g/mol. The van der Waals surface area contributed by atoms with Gasteiger partial charge in [0.1, 0.15) is 0 Å². The van der Waals surface area contributed by atoms with Crippen LogP contribution in [0.15, 0.2) is 24.3 Å². The van der Waals surface area contributed by atoms with Crippen LogP contribution in [0, 0.1) is 5.41 Å². The SMILES string of the molecule is CC(C)(C)C(=O)c1ccc(NS(=O)O)cc1. The van der Waals surface area contributed by atoms with E-state index in [2.05, 4.69) is 4.72 Å². The van der Waals surface area contributed by atoms with Gasteiger partial charge in [-0.1, -0.05) is 20.8 Å². The van der Waals surface area contributed by atoms with E-state index >= 15 is 0 Å². The molecule has 0 aliphatic rings. The first-order valence-electron chi connectivity index (χ1n) is 4.83. The van der Waals surface area contributed by atoms with Gasteiger partial charge in [0.05, 0.1) is 0 Å². The van der Waals surface area contributed by atoms with Crippen LogP contribution in [0.1, 0.15) is 31.1 Å². The van der Waals surface area contributed by atoms with Gasteiger partial charge >= 0.3 is 0 Å². The van der Waals surface area contributed by atoms with Crippen LogP contribution in [0.3, 0.4) is 0 Å². The van der Waals surface area contributed by atoms with Crippen molar-refractivity contribution in [3.05, 3.63) is 29.8 Å². The summed E-state index contributed by atoms with van der Waals surface area (Å²) in [5.74, 6) is 0.0455. The van der Waals surface area contributed by atoms with Gasteiger partial charge in [0, 0.05) is 16.7 Å². The van der Waals surface area contributed by atoms with Crippen LogP contribution in [0.4, 0.5) is 5.69 Å². The van der Waals surface area contributed by atoms with Gasteiger partial charge in [-0.25, -0.2) is 4.21 Å². The number of hydrogen-bond acceptors (Lipinski definition) is 2. The minimum Gasteiger partial charge on any atom is -0.294 e. The number of carbonyl (C=O) groups excluding carboxylic acids is 1. The van der Waals surface area contributed by atoms with Gasteiger partial charge in [-0.3, -0.25) is 14.1 Å². The number of hydrogen-bond donors (Lipinski definition) is 2. The lowest BCUT2D eigenvalue weighted by Gasteiger charge is -2.16. The zero-order chi connectivity index (χ0) is 12.3. The Bertz CT molecular complexity index is 406. The molecule has 0 aliphatic heterocycles. The maximum absolute atomic E-state index is 11.9. The molecule has 16 heavy (non-hydrogen) atoms. The van der Waals surface area contributed by atoms with Crippen molar-refractivity contribution in [1.82, 2.24) is 0 Å². The Morgan fingerprint density at radius 1 is 1.25 bits per heavy atom. The van der Waals surface area contributed by atoms with Gasteiger partial charge in [-0.05, 0) is 24.3 Å². The van der Waals surface area contributed by atoms with Crippen molar-refractivity contribution in [1.29, 1.82) is 0 Å². The minimum absolute atomic E-state index is 0.0455. The van der Waals surface area contributed by atoms with Gasteiger partial charge in [0.2, 0.25) is 0 Å². The lowest BCUT2D eigenvalue weighted by atomic mass is 9.86. The Kier molecular flexibility index (Phi) is 3.83. The molecular formula is C11H15NO3S. The molecule has 0 amide bonds. The molecule has 0 aromatic heterocycles. The van der Waals surface area contributed by atoms with Crippen molar-refractivity contribution in [2.24, 2.45) is 5.41 Å². The summed E-state index contributed by atoms with van der Waals surface area (Å²) in [6.45, 7) is 5.55. The van der Waals surface area contributed by atoms with E-state index < -0.39 is 16.7 Å². The third-order valence-corrected chi connectivity index (χ3v) is 2.44. The normalized spacial score (nSPS) is 13.2. The minimum atomic E-state index is -2.09. The summed E-state index contributed by atoms with van der Waals surface area (Å²) in [5, 5.41) is 0. The standard InChI is InChI=1S/C11H15NO3S/c1-11(2,3)10(13)8-4-6-9(7-5-8)12-16(14)15/h4-7,12H,1-3H3,(H,14,15). The Balaban J connectivity index is 2.87. The summed E-state index contributed by atoms with van der Waals surface area (Å²) in [6.07, 6.45) is 0. The molecule has 0 bridgehead atoms. The molecule has 0 spiro atoms. The van der Waals surface area contributed by atoms with Gasteiger partial charge in [-0.15, -0.1) is 0 Å². The molecule has 4 nitrogen and oxygen atoms in total. The first-order valence-corrected chi connectivity index (χ1v) is 5.94. The van der Waals surface area contributed by atoms with E-state index in [0.29, 0.717) is 11.3 Å². The summed E-state index contributed by atoms with van der Waals surface area (Å²) in [6, 6.07) is 6.49. The van der Waals surface area contributed by atoms with E-state index in [0.717, 1.165) is 0 Å². The van der Waals surface area contributed by atoms with Crippen LogP contribution in [0.5, 0.6) is 0 Å². The van der Waals surface area contributed by atoms with Crippen LogP contribution in [-0.4, -0.2) is 14.5 Å². The number of Topliss-reactive ketones (excluding diaryl/α,β-unsaturated/α-hetero) is 1. The molecule has 0 heterocycles. The predicted molar refractivity (Wildman–Crippen MR) is 64.6 cm³/mol. The molecule has 88 valence electrons. The van der Waals surface area contributed by atoms with Gasteiger partial charge < -0.3 is 0 Å². The number of benzene rings is 1. The molecule has 2 N–H and O–H groups in total. The molecule has 0 fully saturated rings. The number of nitrogens with one attached hydrogen (secondary N) is 1. The van der Waals surface area contributed by atoms with E-state index in [1.54, 1.807) is 24.3 Å². The van der Waals surface area contributed by atoms with Crippen LogP contribution < -0.4 is 4.72 Å². The maximum Gasteiger partial charge on any atom is 0.259 e. The third-order valence-electron chi connectivity index (χ3n) is 2.03. The topological polar surface area (TPSA) is 66.4 Å². The number of ketones is 1. The highest BCUT2D eigenvalue weighted by molar-refractivity contribution is 7.80. The number of rotatable bonds is 3.